The Hall–Kier alpha value is -2.73. The maximum Gasteiger partial charge on any atom is 0.274 e. The van der Waals surface area contributed by atoms with E-state index in [1.807, 2.05) is 13.0 Å². The van der Waals surface area contributed by atoms with Crippen molar-refractivity contribution in [2.24, 2.45) is 0 Å². The number of rotatable bonds is 4. The molecule has 7 heteroatoms. The van der Waals surface area contributed by atoms with Crippen LogP contribution in [0.25, 0.3) is 5.69 Å². The summed E-state index contributed by atoms with van der Waals surface area (Å²) in [6, 6.07) is 12.8. The van der Waals surface area contributed by atoms with Gasteiger partial charge in [-0.1, -0.05) is 35.0 Å². The van der Waals surface area contributed by atoms with Crippen molar-refractivity contribution in [3.63, 3.8) is 0 Å². The molecule has 1 aromatic heterocycles. The molecule has 0 fully saturated rings. The van der Waals surface area contributed by atoms with E-state index in [1.54, 1.807) is 41.9 Å². The van der Waals surface area contributed by atoms with E-state index >= 15 is 0 Å². The van der Waals surface area contributed by atoms with Crippen molar-refractivity contribution in [1.29, 1.82) is 0 Å². The highest BCUT2D eigenvalue weighted by molar-refractivity contribution is 6.30. The molecular weight excluding hydrogens is 343 g/mol. The summed E-state index contributed by atoms with van der Waals surface area (Å²) < 4.78 is 14.6. The molecule has 1 N–H and O–H groups in total. The van der Waals surface area contributed by atoms with E-state index in [-0.39, 0.29) is 23.5 Å². The number of hydrogen-bond donors (Lipinski definition) is 1. The SMILES string of the molecule is Cc1c(C(=O)N[C@@H](C)c2ccc(F)cc2)nnn1-c1cccc(Cl)c1. The molecule has 0 aliphatic heterocycles. The molecule has 128 valence electrons. The van der Waals surface area contributed by atoms with E-state index in [1.165, 1.54) is 12.1 Å². The van der Waals surface area contributed by atoms with Gasteiger partial charge in [-0.25, -0.2) is 9.07 Å². The molecule has 3 rings (SSSR count). The van der Waals surface area contributed by atoms with Crippen LogP contribution < -0.4 is 5.32 Å². The fourth-order valence-electron chi connectivity index (χ4n) is 2.49. The van der Waals surface area contributed by atoms with Crippen LogP contribution in [-0.2, 0) is 0 Å². The fourth-order valence-corrected chi connectivity index (χ4v) is 2.68. The van der Waals surface area contributed by atoms with Crippen molar-refractivity contribution in [1.82, 2.24) is 20.3 Å². The summed E-state index contributed by atoms with van der Waals surface area (Å²) in [5.41, 5.74) is 2.36. The molecule has 0 saturated carbocycles. The zero-order chi connectivity index (χ0) is 18.0. The van der Waals surface area contributed by atoms with Gasteiger partial charge in [-0.2, -0.15) is 0 Å². The number of halogens is 2. The van der Waals surface area contributed by atoms with E-state index < -0.39 is 0 Å². The molecule has 1 atom stereocenters. The third kappa shape index (κ3) is 3.69. The van der Waals surface area contributed by atoms with Crippen LogP contribution in [0.1, 0.15) is 34.7 Å². The van der Waals surface area contributed by atoms with Gasteiger partial charge >= 0.3 is 0 Å². The smallest absolute Gasteiger partial charge is 0.274 e. The molecule has 0 aliphatic rings. The molecule has 0 bridgehead atoms. The maximum atomic E-state index is 13.0. The van der Waals surface area contributed by atoms with Crippen molar-refractivity contribution >= 4 is 17.5 Å². The Morgan fingerprint density at radius 3 is 2.64 bits per heavy atom. The van der Waals surface area contributed by atoms with Gasteiger partial charge in [0.2, 0.25) is 0 Å². The summed E-state index contributed by atoms with van der Waals surface area (Å²) >= 11 is 6.00. The minimum atomic E-state index is -0.345. The normalized spacial score (nSPS) is 12.0. The molecule has 5 nitrogen and oxygen atoms in total. The zero-order valence-corrected chi connectivity index (χ0v) is 14.5. The lowest BCUT2D eigenvalue weighted by atomic mass is 10.1. The van der Waals surface area contributed by atoms with Crippen LogP contribution in [0, 0.1) is 12.7 Å². The van der Waals surface area contributed by atoms with Gasteiger partial charge in [-0.05, 0) is 49.7 Å². The van der Waals surface area contributed by atoms with E-state index in [2.05, 4.69) is 15.6 Å². The van der Waals surface area contributed by atoms with E-state index in [0.717, 1.165) is 11.3 Å². The average Bonchev–Trinajstić information content (AvgIpc) is 2.97. The fraction of sp³-hybridized carbons (Fsp3) is 0.167. The average molecular weight is 359 g/mol. The monoisotopic (exact) mass is 358 g/mol. The van der Waals surface area contributed by atoms with Gasteiger partial charge in [-0.15, -0.1) is 5.10 Å². The van der Waals surface area contributed by atoms with Gasteiger partial charge < -0.3 is 5.32 Å². The first kappa shape index (κ1) is 17.1. The molecule has 1 amide bonds. The summed E-state index contributed by atoms with van der Waals surface area (Å²) in [4.78, 5) is 12.5. The number of carbonyl (C=O) groups excluding carboxylic acids is 1. The molecule has 1 heterocycles. The Kier molecular flexibility index (Phi) is 4.81. The first-order chi connectivity index (χ1) is 12.0. The maximum absolute atomic E-state index is 13.0. The van der Waals surface area contributed by atoms with Crippen molar-refractivity contribution < 1.29 is 9.18 Å². The van der Waals surface area contributed by atoms with Gasteiger partial charge in [-0.3, -0.25) is 4.79 Å². The Bertz CT molecular complexity index is 908. The Balaban J connectivity index is 1.80. The minimum Gasteiger partial charge on any atom is -0.344 e. The predicted molar refractivity (Wildman–Crippen MR) is 93.4 cm³/mol. The van der Waals surface area contributed by atoms with E-state index in [4.69, 9.17) is 11.6 Å². The van der Waals surface area contributed by atoms with Crippen molar-refractivity contribution in [3.05, 3.63) is 76.3 Å². The topological polar surface area (TPSA) is 59.8 Å². The van der Waals surface area contributed by atoms with Gasteiger partial charge in [0.25, 0.3) is 5.91 Å². The second kappa shape index (κ2) is 7.03. The van der Waals surface area contributed by atoms with Crippen molar-refractivity contribution in [3.8, 4) is 5.69 Å². The largest absolute Gasteiger partial charge is 0.344 e. The molecule has 0 radical (unpaired) electrons. The van der Waals surface area contributed by atoms with Crippen LogP contribution >= 0.6 is 11.6 Å². The van der Waals surface area contributed by atoms with Gasteiger partial charge in [0, 0.05) is 5.02 Å². The second-order valence-corrected chi connectivity index (χ2v) is 6.10. The third-order valence-corrected chi connectivity index (χ3v) is 4.12. The number of benzene rings is 2. The number of nitrogens with zero attached hydrogens (tertiary/aromatic N) is 3. The first-order valence-electron chi connectivity index (χ1n) is 7.70. The molecule has 25 heavy (non-hydrogen) atoms. The predicted octanol–water partition coefficient (Wildman–Crippen LogP) is 3.86. The minimum absolute atomic E-state index is 0.230. The summed E-state index contributed by atoms with van der Waals surface area (Å²) in [6.45, 7) is 3.58. The Morgan fingerprint density at radius 2 is 1.96 bits per heavy atom. The molecule has 0 saturated heterocycles. The molecule has 0 aliphatic carbocycles. The number of nitrogens with one attached hydrogen (secondary N) is 1. The van der Waals surface area contributed by atoms with Crippen LogP contribution in [0.3, 0.4) is 0 Å². The lowest BCUT2D eigenvalue weighted by Crippen LogP contribution is -2.27. The van der Waals surface area contributed by atoms with Gasteiger partial charge in [0.05, 0.1) is 17.4 Å². The standard InChI is InChI=1S/C18H16ClFN4O/c1-11(13-6-8-15(20)9-7-13)21-18(25)17-12(2)24(23-22-17)16-5-3-4-14(19)10-16/h3-11H,1-2H3,(H,21,25)/t11-/m0/s1. The van der Waals surface area contributed by atoms with Crippen molar-refractivity contribution in [2.45, 2.75) is 19.9 Å². The van der Waals surface area contributed by atoms with E-state index in [9.17, 15) is 9.18 Å². The Labute approximate surface area is 149 Å². The number of amides is 1. The van der Waals surface area contributed by atoms with Crippen LogP contribution in [0.15, 0.2) is 48.5 Å². The summed E-state index contributed by atoms with van der Waals surface area (Å²) in [6.07, 6.45) is 0. The van der Waals surface area contributed by atoms with Gasteiger partial charge in [0.15, 0.2) is 5.69 Å². The summed E-state index contributed by atoms with van der Waals surface area (Å²) in [5, 5.41) is 11.4. The molecule has 3 aromatic rings. The van der Waals surface area contributed by atoms with Crippen LogP contribution in [0.4, 0.5) is 4.39 Å². The number of hydrogen-bond acceptors (Lipinski definition) is 3. The summed E-state index contributed by atoms with van der Waals surface area (Å²) in [7, 11) is 0. The molecule has 2 aromatic carbocycles. The third-order valence-electron chi connectivity index (χ3n) is 3.88. The highest BCUT2D eigenvalue weighted by Crippen LogP contribution is 2.18. The van der Waals surface area contributed by atoms with E-state index in [0.29, 0.717) is 10.7 Å². The molecule has 0 spiro atoms. The highest BCUT2D eigenvalue weighted by atomic mass is 35.5. The van der Waals surface area contributed by atoms with Crippen molar-refractivity contribution in [2.75, 3.05) is 0 Å². The first-order valence-corrected chi connectivity index (χ1v) is 8.08. The summed E-state index contributed by atoms with van der Waals surface area (Å²) in [5.74, 6) is -0.662. The molecule has 0 unspecified atom stereocenters. The lowest BCUT2D eigenvalue weighted by Gasteiger charge is -2.13. The Morgan fingerprint density at radius 1 is 1.24 bits per heavy atom. The van der Waals surface area contributed by atoms with Crippen LogP contribution in [0.5, 0.6) is 0 Å². The zero-order valence-electron chi connectivity index (χ0n) is 13.7. The van der Waals surface area contributed by atoms with Gasteiger partial charge in [0.1, 0.15) is 5.82 Å². The molecular formula is C18H16ClFN4O. The second-order valence-electron chi connectivity index (χ2n) is 5.66. The number of carbonyl (C=O) groups is 1. The lowest BCUT2D eigenvalue weighted by molar-refractivity contribution is 0.0934. The van der Waals surface area contributed by atoms with Crippen LogP contribution in [-0.4, -0.2) is 20.9 Å². The quantitative estimate of drug-likeness (QED) is 0.770. The number of aromatic nitrogens is 3. The van der Waals surface area contributed by atoms with Crippen LogP contribution in [0.2, 0.25) is 5.02 Å². The highest BCUT2D eigenvalue weighted by Gasteiger charge is 2.19.